The molecular weight excluding hydrogens is 223 g/mol. The maximum Gasteiger partial charge on any atom is 0.573 e. The summed E-state index contributed by atoms with van der Waals surface area (Å²) in [5, 5.41) is 2.30. The van der Waals surface area contributed by atoms with Crippen LogP contribution in [0.1, 0.15) is 17.8 Å². The summed E-state index contributed by atoms with van der Waals surface area (Å²) in [6.07, 6.45) is -4.75. The van der Waals surface area contributed by atoms with E-state index in [-0.39, 0.29) is 13.0 Å². The van der Waals surface area contributed by atoms with E-state index in [2.05, 4.69) is 10.1 Å². The van der Waals surface area contributed by atoms with Crippen LogP contribution in [0.15, 0.2) is 24.3 Å². The number of carbonyl (C=O) groups is 1. The Morgan fingerprint density at radius 2 is 2.00 bits per heavy atom. The zero-order valence-electron chi connectivity index (χ0n) is 7.76. The van der Waals surface area contributed by atoms with Crippen LogP contribution < -0.4 is 10.1 Å². The van der Waals surface area contributed by atoms with Crippen molar-refractivity contribution in [2.75, 3.05) is 7.05 Å². The second-order valence-electron chi connectivity index (χ2n) is 2.65. The molecule has 0 aromatic heterocycles. The minimum atomic E-state index is -4.75. The molecule has 90 valence electrons. The smallest absolute Gasteiger partial charge is 0.406 e. The van der Waals surface area contributed by atoms with Crippen LogP contribution in [0, 0.1) is 0 Å². The fourth-order valence-corrected chi connectivity index (χ4v) is 0.979. The van der Waals surface area contributed by atoms with Crippen molar-refractivity contribution in [1.29, 1.82) is 0 Å². The van der Waals surface area contributed by atoms with Gasteiger partial charge < -0.3 is 10.1 Å². The molecule has 0 aliphatic heterocycles. The topological polar surface area (TPSA) is 38.3 Å². The highest BCUT2D eigenvalue weighted by molar-refractivity contribution is 5.94. The van der Waals surface area contributed by atoms with Gasteiger partial charge in [-0.25, -0.2) is 0 Å². The Labute approximate surface area is 91.2 Å². The fraction of sp³-hybridized carbons (Fsp3) is 0.300. The van der Waals surface area contributed by atoms with Crippen LogP contribution in [0.3, 0.4) is 0 Å². The van der Waals surface area contributed by atoms with Gasteiger partial charge in [0.05, 0.1) is 0 Å². The number of carbonyl (C=O) groups excluding carboxylic acids is 1. The van der Waals surface area contributed by atoms with E-state index >= 15 is 0 Å². The van der Waals surface area contributed by atoms with Crippen LogP contribution >= 0.6 is 0 Å². The minimum Gasteiger partial charge on any atom is -0.406 e. The van der Waals surface area contributed by atoms with Crippen LogP contribution in [-0.2, 0) is 0 Å². The van der Waals surface area contributed by atoms with Gasteiger partial charge in [0.1, 0.15) is 5.75 Å². The molecule has 1 rings (SSSR count). The Hall–Kier alpha value is -1.72. The van der Waals surface area contributed by atoms with Crippen molar-refractivity contribution in [2.45, 2.75) is 13.8 Å². The lowest BCUT2D eigenvalue weighted by molar-refractivity contribution is -0.274. The van der Waals surface area contributed by atoms with Crippen LogP contribution in [0.4, 0.5) is 13.2 Å². The minimum absolute atomic E-state index is 0. The van der Waals surface area contributed by atoms with Crippen molar-refractivity contribution in [3.8, 4) is 5.75 Å². The first-order chi connectivity index (χ1) is 6.92. The van der Waals surface area contributed by atoms with Gasteiger partial charge in [-0.3, -0.25) is 4.79 Å². The summed E-state index contributed by atoms with van der Waals surface area (Å²) < 4.78 is 39.2. The third-order valence-electron chi connectivity index (χ3n) is 1.56. The SMILES string of the molecule is C.CNC(=O)c1cccc(OC(F)(F)F)c1. The number of amides is 1. The van der Waals surface area contributed by atoms with Crippen molar-refractivity contribution >= 4 is 5.91 Å². The highest BCUT2D eigenvalue weighted by Gasteiger charge is 2.31. The molecule has 0 radical (unpaired) electrons. The van der Waals surface area contributed by atoms with E-state index in [1.165, 1.54) is 19.2 Å². The molecule has 0 atom stereocenters. The Morgan fingerprint density at radius 3 is 2.50 bits per heavy atom. The lowest BCUT2D eigenvalue weighted by Gasteiger charge is -2.09. The van der Waals surface area contributed by atoms with Crippen molar-refractivity contribution in [2.24, 2.45) is 0 Å². The summed E-state index contributed by atoms with van der Waals surface area (Å²) in [4.78, 5) is 11.1. The van der Waals surface area contributed by atoms with Gasteiger partial charge in [-0.05, 0) is 18.2 Å². The largest absolute Gasteiger partial charge is 0.573 e. The Bertz CT molecular complexity index is 363. The van der Waals surface area contributed by atoms with E-state index in [1.807, 2.05) is 0 Å². The first-order valence-electron chi connectivity index (χ1n) is 4.00. The molecule has 0 saturated heterocycles. The van der Waals surface area contributed by atoms with Gasteiger partial charge in [-0.1, -0.05) is 13.5 Å². The molecule has 0 heterocycles. The predicted molar refractivity (Wildman–Crippen MR) is 53.2 cm³/mol. The highest BCUT2D eigenvalue weighted by Crippen LogP contribution is 2.23. The maximum atomic E-state index is 11.8. The van der Waals surface area contributed by atoms with Gasteiger partial charge in [0.2, 0.25) is 0 Å². The summed E-state index contributed by atoms with van der Waals surface area (Å²) in [6.45, 7) is 0. The Balaban J connectivity index is 0.00000225. The number of hydrogen-bond acceptors (Lipinski definition) is 2. The van der Waals surface area contributed by atoms with Gasteiger partial charge in [0, 0.05) is 12.6 Å². The average Bonchev–Trinajstić information content (AvgIpc) is 2.14. The number of benzene rings is 1. The molecule has 0 spiro atoms. The van der Waals surface area contributed by atoms with E-state index in [4.69, 9.17) is 0 Å². The van der Waals surface area contributed by atoms with Gasteiger partial charge in [-0.2, -0.15) is 0 Å². The number of alkyl halides is 3. The van der Waals surface area contributed by atoms with E-state index < -0.39 is 18.0 Å². The van der Waals surface area contributed by atoms with Crippen LogP contribution in [0.5, 0.6) is 5.75 Å². The molecule has 3 nitrogen and oxygen atoms in total. The zero-order valence-corrected chi connectivity index (χ0v) is 7.76. The average molecular weight is 235 g/mol. The summed E-state index contributed by atoms with van der Waals surface area (Å²) in [7, 11) is 1.39. The number of ether oxygens (including phenoxy) is 1. The standard InChI is InChI=1S/C9H8F3NO2.CH4/c1-13-8(14)6-3-2-4-7(5-6)15-9(10,11)12;/h2-5H,1H3,(H,13,14);1H4. The molecular formula is C10H12F3NO2. The van der Waals surface area contributed by atoms with E-state index in [1.54, 1.807) is 0 Å². The normalized spacial score (nSPS) is 10.2. The van der Waals surface area contributed by atoms with Gasteiger partial charge in [-0.15, -0.1) is 13.2 Å². The number of nitrogens with one attached hydrogen (secondary N) is 1. The van der Waals surface area contributed by atoms with E-state index in [0.717, 1.165) is 12.1 Å². The second kappa shape index (κ2) is 5.39. The quantitative estimate of drug-likeness (QED) is 0.855. The van der Waals surface area contributed by atoms with Crippen LogP contribution in [0.2, 0.25) is 0 Å². The lowest BCUT2D eigenvalue weighted by Crippen LogP contribution is -2.19. The summed E-state index contributed by atoms with van der Waals surface area (Å²) in [6, 6.07) is 4.85. The highest BCUT2D eigenvalue weighted by atomic mass is 19.4. The monoisotopic (exact) mass is 235 g/mol. The Kier molecular flexibility index (Phi) is 4.81. The van der Waals surface area contributed by atoms with Gasteiger partial charge in [0.25, 0.3) is 5.91 Å². The van der Waals surface area contributed by atoms with E-state index in [0.29, 0.717) is 0 Å². The zero-order chi connectivity index (χ0) is 11.5. The second-order valence-corrected chi connectivity index (χ2v) is 2.65. The molecule has 1 aromatic carbocycles. The fourth-order valence-electron chi connectivity index (χ4n) is 0.979. The molecule has 1 N–H and O–H groups in total. The van der Waals surface area contributed by atoms with Crippen molar-refractivity contribution in [3.63, 3.8) is 0 Å². The molecule has 0 unspecified atom stereocenters. The third kappa shape index (κ3) is 4.20. The number of rotatable bonds is 2. The predicted octanol–water partition coefficient (Wildman–Crippen LogP) is 2.58. The molecule has 0 aliphatic carbocycles. The lowest BCUT2D eigenvalue weighted by atomic mass is 10.2. The molecule has 1 aromatic rings. The van der Waals surface area contributed by atoms with Crippen molar-refractivity contribution in [3.05, 3.63) is 29.8 Å². The van der Waals surface area contributed by atoms with Crippen molar-refractivity contribution in [1.82, 2.24) is 5.32 Å². The first-order valence-corrected chi connectivity index (χ1v) is 4.00. The summed E-state index contributed by atoms with van der Waals surface area (Å²) in [5.41, 5.74) is 0.110. The molecule has 16 heavy (non-hydrogen) atoms. The van der Waals surface area contributed by atoms with Gasteiger partial charge in [0.15, 0.2) is 0 Å². The molecule has 0 fully saturated rings. The number of halogens is 3. The van der Waals surface area contributed by atoms with E-state index in [9.17, 15) is 18.0 Å². The van der Waals surface area contributed by atoms with Crippen LogP contribution in [0.25, 0.3) is 0 Å². The Morgan fingerprint density at radius 1 is 1.38 bits per heavy atom. The first kappa shape index (κ1) is 14.3. The third-order valence-corrected chi connectivity index (χ3v) is 1.56. The maximum absolute atomic E-state index is 11.8. The molecule has 0 aliphatic rings. The van der Waals surface area contributed by atoms with Crippen molar-refractivity contribution < 1.29 is 22.7 Å². The summed E-state index contributed by atoms with van der Waals surface area (Å²) >= 11 is 0. The molecule has 0 bridgehead atoms. The van der Waals surface area contributed by atoms with Gasteiger partial charge >= 0.3 is 6.36 Å². The number of hydrogen-bond donors (Lipinski definition) is 1. The molecule has 0 saturated carbocycles. The summed E-state index contributed by atoms with van der Waals surface area (Å²) in [5.74, 6) is -0.883. The van der Waals surface area contributed by atoms with Crippen LogP contribution in [-0.4, -0.2) is 19.3 Å². The molecule has 6 heteroatoms. The molecule has 1 amide bonds.